The van der Waals surface area contributed by atoms with Gasteiger partial charge in [-0.1, -0.05) is 0 Å². The Kier molecular flexibility index (Phi) is 5.43. The number of carbonyl (C=O) groups is 1. The maximum Gasteiger partial charge on any atom is 0.410 e. The van der Waals surface area contributed by atoms with Crippen molar-refractivity contribution in [2.75, 3.05) is 25.9 Å². The van der Waals surface area contributed by atoms with Crippen LogP contribution in [-0.4, -0.2) is 56.5 Å². The predicted molar refractivity (Wildman–Crippen MR) is 118 cm³/mol. The second-order valence-electron chi connectivity index (χ2n) is 8.70. The van der Waals surface area contributed by atoms with Crippen molar-refractivity contribution < 1.29 is 14.3 Å². The van der Waals surface area contributed by atoms with E-state index in [4.69, 9.17) is 20.3 Å². The Morgan fingerprint density at radius 2 is 1.94 bits per heavy atom. The average molecular weight is 425 g/mol. The van der Waals surface area contributed by atoms with E-state index in [0.29, 0.717) is 35.6 Å². The zero-order valence-corrected chi connectivity index (χ0v) is 18.3. The smallest absolute Gasteiger partial charge is 0.410 e. The van der Waals surface area contributed by atoms with Gasteiger partial charge in [0.05, 0.1) is 18.5 Å². The molecule has 2 N–H and O–H groups in total. The van der Waals surface area contributed by atoms with Gasteiger partial charge in [-0.05, 0) is 57.9 Å². The van der Waals surface area contributed by atoms with Crippen molar-refractivity contribution in [3.8, 4) is 17.0 Å². The number of nitrogen functional groups attached to an aromatic ring is 1. The molecule has 2 aromatic heterocycles. The maximum atomic E-state index is 12.6. The lowest BCUT2D eigenvalue weighted by Crippen LogP contribution is -2.43. The van der Waals surface area contributed by atoms with E-state index in [0.717, 1.165) is 24.2 Å². The summed E-state index contributed by atoms with van der Waals surface area (Å²) < 4.78 is 12.7. The van der Waals surface area contributed by atoms with Gasteiger partial charge in [0.15, 0.2) is 5.65 Å². The first kappa shape index (κ1) is 20.9. The zero-order valence-electron chi connectivity index (χ0n) is 18.3. The molecule has 0 radical (unpaired) electrons. The number of ether oxygens (including phenoxy) is 2. The Morgan fingerprint density at radius 1 is 1.19 bits per heavy atom. The normalized spacial score (nSPS) is 17.0. The minimum absolute atomic E-state index is 0.0370. The SMILES string of the molecule is COc1ccc(-c2nn([C@@H]3CCCN(C(=O)OC(C)(C)C)C3)c3ncnc(N)c23)cc1. The van der Waals surface area contributed by atoms with Crippen LogP contribution in [0.25, 0.3) is 22.3 Å². The van der Waals surface area contributed by atoms with Gasteiger partial charge in [-0.25, -0.2) is 19.4 Å². The molecular formula is C22H28N6O3. The highest BCUT2D eigenvalue weighted by Gasteiger charge is 2.31. The quantitative estimate of drug-likeness (QED) is 0.683. The Bertz CT molecular complexity index is 1090. The van der Waals surface area contributed by atoms with Crippen molar-refractivity contribution in [3.05, 3.63) is 30.6 Å². The lowest BCUT2D eigenvalue weighted by atomic mass is 10.1. The molecule has 1 atom stereocenters. The van der Waals surface area contributed by atoms with Gasteiger partial charge < -0.3 is 20.1 Å². The highest BCUT2D eigenvalue weighted by molar-refractivity contribution is 5.98. The van der Waals surface area contributed by atoms with Crippen LogP contribution in [0.2, 0.25) is 0 Å². The van der Waals surface area contributed by atoms with Crippen molar-refractivity contribution >= 4 is 22.9 Å². The Hall–Kier alpha value is -3.36. The third-order valence-electron chi connectivity index (χ3n) is 5.28. The fourth-order valence-corrected chi connectivity index (χ4v) is 3.85. The molecule has 0 saturated carbocycles. The maximum absolute atomic E-state index is 12.6. The molecule has 3 aromatic rings. The molecule has 0 unspecified atom stereocenters. The molecule has 1 aliphatic heterocycles. The van der Waals surface area contributed by atoms with Crippen LogP contribution in [0.4, 0.5) is 10.6 Å². The van der Waals surface area contributed by atoms with Crippen LogP contribution in [0.3, 0.4) is 0 Å². The number of methoxy groups -OCH3 is 1. The Morgan fingerprint density at radius 3 is 2.61 bits per heavy atom. The molecule has 1 amide bonds. The number of fused-ring (bicyclic) bond motifs is 1. The third kappa shape index (κ3) is 4.26. The number of benzene rings is 1. The van der Waals surface area contributed by atoms with Crippen molar-refractivity contribution in [1.82, 2.24) is 24.6 Å². The van der Waals surface area contributed by atoms with Gasteiger partial charge in [-0.3, -0.25) is 0 Å². The third-order valence-corrected chi connectivity index (χ3v) is 5.28. The second kappa shape index (κ2) is 8.05. The largest absolute Gasteiger partial charge is 0.497 e. The van der Waals surface area contributed by atoms with E-state index in [1.807, 2.05) is 49.7 Å². The van der Waals surface area contributed by atoms with Crippen LogP contribution in [0.5, 0.6) is 5.75 Å². The van der Waals surface area contributed by atoms with E-state index in [1.165, 1.54) is 6.33 Å². The first-order valence-electron chi connectivity index (χ1n) is 10.4. The summed E-state index contributed by atoms with van der Waals surface area (Å²) in [4.78, 5) is 23.0. The molecule has 9 heteroatoms. The van der Waals surface area contributed by atoms with Crippen LogP contribution in [0, 0.1) is 0 Å². The molecule has 0 spiro atoms. The van der Waals surface area contributed by atoms with Gasteiger partial charge in [-0.15, -0.1) is 0 Å². The molecule has 1 aliphatic rings. The molecular weight excluding hydrogens is 396 g/mol. The molecule has 1 saturated heterocycles. The minimum atomic E-state index is -0.536. The zero-order chi connectivity index (χ0) is 22.2. The van der Waals surface area contributed by atoms with E-state index < -0.39 is 5.60 Å². The topological polar surface area (TPSA) is 108 Å². The fourth-order valence-electron chi connectivity index (χ4n) is 3.85. The highest BCUT2D eigenvalue weighted by atomic mass is 16.6. The number of carbonyl (C=O) groups excluding carboxylic acids is 1. The summed E-state index contributed by atoms with van der Waals surface area (Å²) in [6.07, 6.45) is 2.87. The number of amides is 1. The molecule has 1 fully saturated rings. The number of likely N-dealkylation sites (tertiary alicyclic amines) is 1. The molecule has 31 heavy (non-hydrogen) atoms. The highest BCUT2D eigenvalue weighted by Crippen LogP contribution is 2.34. The van der Waals surface area contributed by atoms with Gasteiger partial charge in [0.25, 0.3) is 0 Å². The number of rotatable bonds is 3. The number of hydrogen-bond donors (Lipinski definition) is 1. The molecule has 9 nitrogen and oxygen atoms in total. The number of anilines is 1. The minimum Gasteiger partial charge on any atom is -0.497 e. The summed E-state index contributed by atoms with van der Waals surface area (Å²) in [5, 5.41) is 5.59. The number of piperidine rings is 1. The molecule has 164 valence electrons. The van der Waals surface area contributed by atoms with E-state index in [2.05, 4.69) is 9.97 Å². The first-order chi connectivity index (χ1) is 14.8. The van der Waals surface area contributed by atoms with E-state index >= 15 is 0 Å². The lowest BCUT2D eigenvalue weighted by molar-refractivity contribution is 0.0169. The van der Waals surface area contributed by atoms with E-state index in [1.54, 1.807) is 12.0 Å². The standard InChI is InChI=1S/C22H28N6O3/c1-22(2,3)31-21(29)27-11-5-6-15(12-27)28-20-17(19(23)24-13-25-20)18(26-28)14-7-9-16(30-4)10-8-14/h7-10,13,15H,5-6,11-12H2,1-4H3,(H2,23,24,25)/t15-/m1/s1. The summed E-state index contributed by atoms with van der Waals surface area (Å²) in [5.41, 5.74) is 7.96. The van der Waals surface area contributed by atoms with Gasteiger partial charge >= 0.3 is 6.09 Å². The number of nitrogens with zero attached hydrogens (tertiary/aromatic N) is 5. The van der Waals surface area contributed by atoms with Gasteiger partial charge in [0.2, 0.25) is 0 Å². The summed E-state index contributed by atoms with van der Waals surface area (Å²) in [6, 6.07) is 7.59. The number of aromatic nitrogens is 4. The lowest BCUT2D eigenvalue weighted by Gasteiger charge is -2.34. The molecule has 0 bridgehead atoms. The summed E-state index contributed by atoms with van der Waals surface area (Å²) in [7, 11) is 1.63. The summed E-state index contributed by atoms with van der Waals surface area (Å²) in [6.45, 7) is 6.77. The van der Waals surface area contributed by atoms with Crippen molar-refractivity contribution in [2.45, 2.75) is 45.3 Å². The van der Waals surface area contributed by atoms with Gasteiger partial charge in [0, 0.05) is 18.7 Å². The van der Waals surface area contributed by atoms with Crippen molar-refractivity contribution in [1.29, 1.82) is 0 Å². The van der Waals surface area contributed by atoms with Crippen molar-refractivity contribution in [2.24, 2.45) is 0 Å². The summed E-state index contributed by atoms with van der Waals surface area (Å²) >= 11 is 0. The van der Waals surface area contributed by atoms with Crippen LogP contribution >= 0.6 is 0 Å². The van der Waals surface area contributed by atoms with E-state index in [-0.39, 0.29) is 12.1 Å². The van der Waals surface area contributed by atoms with Crippen LogP contribution in [-0.2, 0) is 4.74 Å². The molecule has 0 aliphatic carbocycles. The Balaban J connectivity index is 1.71. The first-order valence-corrected chi connectivity index (χ1v) is 10.4. The fraction of sp³-hybridized carbons (Fsp3) is 0.455. The van der Waals surface area contributed by atoms with Crippen molar-refractivity contribution in [3.63, 3.8) is 0 Å². The van der Waals surface area contributed by atoms with Crippen LogP contribution in [0.1, 0.15) is 39.7 Å². The van der Waals surface area contributed by atoms with Crippen LogP contribution in [0.15, 0.2) is 30.6 Å². The Labute approximate surface area is 181 Å². The molecule has 4 rings (SSSR count). The van der Waals surface area contributed by atoms with Gasteiger partial charge in [-0.2, -0.15) is 5.10 Å². The number of nitrogens with two attached hydrogens (primary N) is 1. The predicted octanol–water partition coefficient (Wildman–Crippen LogP) is 3.66. The monoisotopic (exact) mass is 424 g/mol. The van der Waals surface area contributed by atoms with E-state index in [9.17, 15) is 4.79 Å². The van der Waals surface area contributed by atoms with Crippen LogP contribution < -0.4 is 10.5 Å². The number of hydrogen-bond acceptors (Lipinski definition) is 7. The molecule has 3 heterocycles. The van der Waals surface area contributed by atoms with Gasteiger partial charge in [0.1, 0.15) is 29.2 Å². The average Bonchev–Trinajstić information content (AvgIpc) is 3.14. The second-order valence-corrected chi connectivity index (χ2v) is 8.70. The molecule has 1 aromatic carbocycles. The summed E-state index contributed by atoms with van der Waals surface area (Å²) in [5.74, 6) is 1.14.